The molecule has 0 aliphatic rings. The lowest BCUT2D eigenvalue weighted by Gasteiger charge is -2.21. The number of benzene rings is 1. The van der Waals surface area contributed by atoms with E-state index in [4.69, 9.17) is 18.0 Å². The van der Waals surface area contributed by atoms with Gasteiger partial charge in [0.05, 0.1) is 5.56 Å². The molecule has 1 aromatic carbocycles. The van der Waals surface area contributed by atoms with Gasteiger partial charge in [0, 0.05) is 18.9 Å². The number of aromatic nitrogens is 1. The minimum atomic E-state index is 0.360. The van der Waals surface area contributed by atoms with E-state index in [0.29, 0.717) is 4.99 Å². The van der Waals surface area contributed by atoms with Crippen LogP contribution in [0.3, 0.4) is 0 Å². The summed E-state index contributed by atoms with van der Waals surface area (Å²) in [6.45, 7) is 4.16. The molecule has 0 atom stereocenters. The van der Waals surface area contributed by atoms with E-state index >= 15 is 0 Å². The van der Waals surface area contributed by atoms with Crippen LogP contribution in [0.15, 0.2) is 36.5 Å². The molecule has 0 saturated heterocycles. The predicted molar refractivity (Wildman–Crippen MR) is 84.1 cm³/mol. The van der Waals surface area contributed by atoms with Gasteiger partial charge in [-0.25, -0.2) is 4.98 Å². The Balaban J connectivity index is 2.49. The largest absolute Gasteiger partial charge is 0.389 e. The average Bonchev–Trinajstić information content (AvgIpc) is 2.36. The number of aryl methyl sites for hydroxylation is 2. The number of anilines is 2. The smallest absolute Gasteiger partial charge is 0.142 e. The second-order valence-corrected chi connectivity index (χ2v) is 5.08. The second kappa shape index (κ2) is 5.36. The molecule has 2 aromatic rings. The van der Waals surface area contributed by atoms with Crippen molar-refractivity contribution in [3.05, 3.63) is 53.2 Å². The molecule has 3 nitrogen and oxygen atoms in total. The Hall–Kier alpha value is -1.94. The molecule has 98 valence electrons. The summed E-state index contributed by atoms with van der Waals surface area (Å²) in [5, 5.41) is 0. The average molecular weight is 271 g/mol. The topological polar surface area (TPSA) is 42.2 Å². The zero-order valence-electron chi connectivity index (χ0n) is 11.3. The summed E-state index contributed by atoms with van der Waals surface area (Å²) in [5.74, 6) is 0.778. The highest BCUT2D eigenvalue weighted by Gasteiger charge is 2.12. The van der Waals surface area contributed by atoms with Gasteiger partial charge < -0.3 is 10.6 Å². The highest BCUT2D eigenvalue weighted by Crippen LogP contribution is 2.26. The van der Waals surface area contributed by atoms with Gasteiger partial charge in [0.2, 0.25) is 0 Å². The first-order valence-corrected chi connectivity index (χ1v) is 6.46. The standard InChI is InChI=1S/C15H17N3S/c1-10-7-11(2)9-12(8-10)18(3)15-13(14(16)19)5-4-6-17-15/h4-9H,1-3H3,(H2,16,19). The third-order valence-corrected chi connectivity index (χ3v) is 3.18. The van der Waals surface area contributed by atoms with E-state index in [1.165, 1.54) is 11.1 Å². The van der Waals surface area contributed by atoms with Gasteiger partial charge in [0.25, 0.3) is 0 Å². The Bertz CT molecular complexity index is 602. The number of rotatable bonds is 3. The van der Waals surface area contributed by atoms with Crippen molar-refractivity contribution >= 4 is 28.7 Å². The molecule has 0 radical (unpaired) electrons. The van der Waals surface area contributed by atoms with E-state index in [0.717, 1.165) is 17.1 Å². The molecule has 1 aromatic heterocycles. The van der Waals surface area contributed by atoms with Crippen LogP contribution < -0.4 is 10.6 Å². The van der Waals surface area contributed by atoms with Gasteiger partial charge in [0.15, 0.2) is 0 Å². The lowest BCUT2D eigenvalue weighted by atomic mass is 10.1. The van der Waals surface area contributed by atoms with E-state index in [1.54, 1.807) is 6.20 Å². The molecule has 0 aliphatic carbocycles. The first-order valence-electron chi connectivity index (χ1n) is 6.06. The highest BCUT2D eigenvalue weighted by molar-refractivity contribution is 7.80. The van der Waals surface area contributed by atoms with Crippen molar-refractivity contribution in [3.8, 4) is 0 Å². The van der Waals surface area contributed by atoms with E-state index in [2.05, 4.69) is 37.0 Å². The molecule has 1 heterocycles. The molecule has 2 rings (SSSR count). The summed E-state index contributed by atoms with van der Waals surface area (Å²) in [6, 6.07) is 10.1. The number of hydrogen-bond donors (Lipinski definition) is 1. The minimum Gasteiger partial charge on any atom is -0.389 e. The van der Waals surface area contributed by atoms with Crippen molar-refractivity contribution in [2.45, 2.75) is 13.8 Å². The lowest BCUT2D eigenvalue weighted by Crippen LogP contribution is -2.19. The lowest BCUT2D eigenvalue weighted by molar-refractivity contribution is 1.11. The quantitative estimate of drug-likeness (QED) is 0.871. The first kappa shape index (κ1) is 13.5. The summed E-state index contributed by atoms with van der Waals surface area (Å²) < 4.78 is 0. The van der Waals surface area contributed by atoms with Crippen LogP contribution in [0.1, 0.15) is 16.7 Å². The molecule has 2 N–H and O–H groups in total. The van der Waals surface area contributed by atoms with E-state index in [1.807, 2.05) is 24.1 Å². The van der Waals surface area contributed by atoms with Crippen LogP contribution in [0.4, 0.5) is 11.5 Å². The Kier molecular flexibility index (Phi) is 3.81. The van der Waals surface area contributed by atoms with Gasteiger partial charge in [-0.2, -0.15) is 0 Å². The number of thiocarbonyl (C=S) groups is 1. The maximum absolute atomic E-state index is 5.76. The van der Waals surface area contributed by atoms with Crippen LogP contribution in [-0.4, -0.2) is 17.0 Å². The fourth-order valence-electron chi connectivity index (χ4n) is 2.12. The van der Waals surface area contributed by atoms with Crippen LogP contribution in [0.2, 0.25) is 0 Å². The molecule has 0 saturated carbocycles. The fraction of sp³-hybridized carbons (Fsp3) is 0.200. The van der Waals surface area contributed by atoms with Crippen LogP contribution in [-0.2, 0) is 0 Å². The predicted octanol–water partition coefficient (Wildman–Crippen LogP) is 3.10. The van der Waals surface area contributed by atoms with E-state index in [9.17, 15) is 0 Å². The molecule has 0 fully saturated rings. The summed E-state index contributed by atoms with van der Waals surface area (Å²) in [7, 11) is 1.97. The molecular weight excluding hydrogens is 254 g/mol. The number of hydrogen-bond acceptors (Lipinski definition) is 3. The SMILES string of the molecule is Cc1cc(C)cc(N(C)c2ncccc2C(N)=S)c1. The van der Waals surface area contributed by atoms with Crippen LogP contribution >= 0.6 is 12.2 Å². The van der Waals surface area contributed by atoms with Crippen molar-refractivity contribution in [3.63, 3.8) is 0 Å². The van der Waals surface area contributed by atoms with Crippen LogP contribution in [0.25, 0.3) is 0 Å². The molecule has 4 heteroatoms. The monoisotopic (exact) mass is 271 g/mol. The van der Waals surface area contributed by atoms with Gasteiger partial charge in [-0.3, -0.25) is 0 Å². The third kappa shape index (κ3) is 2.90. The van der Waals surface area contributed by atoms with Gasteiger partial charge in [-0.15, -0.1) is 0 Å². The summed E-state index contributed by atoms with van der Waals surface area (Å²) >= 11 is 5.08. The van der Waals surface area contributed by atoms with Gasteiger partial charge in [0.1, 0.15) is 10.8 Å². The molecule has 0 spiro atoms. The minimum absolute atomic E-state index is 0.360. The van der Waals surface area contributed by atoms with Crippen molar-refractivity contribution < 1.29 is 0 Å². The van der Waals surface area contributed by atoms with Crippen molar-refractivity contribution in [2.75, 3.05) is 11.9 Å². The van der Waals surface area contributed by atoms with Crippen LogP contribution in [0.5, 0.6) is 0 Å². The Labute approximate surface area is 119 Å². The molecule has 0 bridgehead atoms. The Morgan fingerprint density at radius 1 is 1.21 bits per heavy atom. The maximum Gasteiger partial charge on any atom is 0.142 e. The van der Waals surface area contributed by atoms with Crippen molar-refractivity contribution in [2.24, 2.45) is 5.73 Å². The molecule has 0 unspecified atom stereocenters. The van der Waals surface area contributed by atoms with E-state index in [-0.39, 0.29) is 0 Å². The number of nitrogens with zero attached hydrogens (tertiary/aromatic N) is 2. The van der Waals surface area contributed by atoms with Crippen molar-refractivity contribution in [1.29, 1.82) is 0 Å². The van der Waals surface area contributed by atoms with Crippen LogP contribution in [0, 0.1) is 13.8 Å². The normalized spacial score (nSPS) is 10.3. The zero-order chi connectivity index (χ0) is 14.0. The zero-order valence-corrected chi connectivity index (χ0v) is 12.2. The summed E-state index contributed by atoms with van der Waals surface area (Å²) in [6.07, 6.45) is 1.75. The Morgan fingerprint density at radius 3 is 2.42 bits per heavy atom. The fourth-order valence-corrected chi connectivity index (χ4v) is 2.28. The van der Waals surface area contributed by atoms with Gasteiger partial charge >= 0.3 is 0 Å². The highest BCUT2D eigenvalue weighted by atomic mass is 32.1. The number of nitrogens with two attached hydrogens (primary N) is 1. The van der Waals surface area contributed by atoms with Crippen molar-refractivity contribution in [1.82, 2.24) is 4.98 Å². The van der Waals surface area contributed by atoms with E-state index < -0.39 is 0 Å². The summed E-state index contributed by atoms with van der Waals surface area (Å²) in [5.41, 5.74) is 10.1. The van der Waals surface area contributed by atoms with Gasteiger partial charge in [-0.05, 0) is 49.2 Å². The first-order chi connectivity index (χ1) is 8.99. The Morgan fingerprint density at radius 2 is 1.84 bits per heavy atom. The third-order valence-electron chi connectivity index (χ3n) is 2.96. The maximum atomic E-state index is 5.76. The second-order valence-electron chi connectivity index (χ2n) is 4.64. The molecule has 0 aliphatic heterocycles. The van der Waals surface area contributed by atoms with Gasteiger partial charge in [-0.1, -0.05) is 18.3 Å². The molecule has 19 heavy (non-hydrogen) atoms. The molecule has 0 amide bonds. The molecular formula is C15H17N3S. The summed E-state index contributed by atoms with van der Waals surface area (Å²) in [4.78, 5) is 6.76. The number of pyridine rings is 1.